The predicted octanol–water partition coefficient (Wildman–Crippen LogP) is 3.67. The minimum absolute atomic E-state index is 0.0202. The van der Waals surface area contributed by atoms with Crippen molar-refractivity contribution in [3.63, 3.8) is 0 Å². The van der Waals surface area contributed by atoms with E-state index in [1.54, 1.807) is 22.8 Å². The number of hydrogen-bond acceptors (Lipinski definition) is 3. The SMILES string of the molecule is Cc1cc(Br)ccc1NC(=O)c1ccc2c(=O)n3c(nc2c1)CCC3. The number of carbonyl (C=O) groups is 1. The number of anilines is 1. The summed E-state index contributed by atoms with van der Waals surface area (Å²) in [5.41, 5.74) is 2.78. The second-order valence-electron chi connectivity index (χ2n) is 6.23. The molecule has 2 heterocycles. The van der Waals surface area contributed by atoms with Gasteiger partial charge in [-0.2, -0.15) is 0 Å². The van der Waals surface area contributed by atoms with Crippen LogP contribution in [0.3, 0.4) is 0 Å². The highest BCUT2D eigenvalue weighted by molar-refractivity contribution is 9.10. The Bertz CT molecular complexity index is 1070. The van der Waals surface area contributed by atoms with Crippen molar-refractivity contribution in [2.75, 3.05) is 5.32 Å². The molecule has 2 aromatic carbocycles. The smallest absolute Gasteiger partial charge is 0.261 e. The van der Waals surface area contributed by atoms with Crippen molar-refractivity contribution >= 4 is 38.4 Å². The zero-order valence-corrected chi connectivity index (χ0v) is 15.3. The summed E-state index contributed by atoms with van der Waals surface area (Å²) in [7, 11) is 0. The molecule has 0 saturated heterocycles. The van der Waals surface area contributed by atoms with E-state index in [0.29, 0.717) is 16.5 Å². The molecule has 1 aromatic heterocycles. The maximum Gasteiger partial charge on any atom is 0.261 e. The highest BCUT2D eigenvalue weighted by Crippen LogP contribution is 2.21. The summed E-state index contributed by atoms with van der Waals surface area (Å²) in [5, 5.41) is 3.47. The van der Waals surface area contributed by atoms with Gasteiger partial charge in [-0.15, -0.1) is 0 Å². The quantitative estimate of drug-likeness (QED) is 0.717. The average molecular weight is 398 g/mol. The number of nitrogens with one attached hydrogen (secondary N) is 1. The van der Waals surface area contributed by atoms with Gasteiger partial charge in [0, 0.05) is 28.7 Å². The Morgan fingerprint density at radius 2 is 2.08 bits per heavy atom. The Morgan fingerprint density at radius 3 is 2.88 bits per heavy atom. The van der Waals surface area contributed by atoms with Crippen molar-refractivity contribution in [2.45, 2.75) is 26.3 Å². The zero-order valence-electron chi connectivity index (χ0n) is 13.7. The van der Waals surface area contributed by atoms with Gasteiger partial charge in [0.25, 0.3) is 11.5 Å². The molecule has 0 aliphatic carbocycles. The Balaban J connectivity index is 1.70. The Hall–Kier alpha value is -2.47. The van der Waals surface area contributed by atoms with E-state index in [2.05, 4.69) is 26.2 Å². The van der Waals surface area contributed by atoms with Gasteiger partial charge >= 0.3 is 0 Å². The first kappa shape index (κ1) is 16.0. The number of fused-ring (bicyclic) bond motifs is 2. The monoisotopic (exact) mass is 397 g/mol. The largest absolute Gasteiger partial charge is 0.322 e. The number of hydrogen-bond donors (Lipinski definition) is 1. The van der Waals surface area contributed by atoms with E-state index in [1.807, 2.05) is 25.1 Å². The summed E-state index contributed by atoms with van der Waals surface area (Å²) >= 11 is 3.41. The standard InChI is InChI=1S/C19H16BrN3O2/c1-11-9-13(20)5-7-15(11)22-18(24)12-4-6-14-16(10-12)21-17-3-2-8-23(17)19(14)25/h4-7,9-10H,2-3,8H2,1H3,(H,22,24). The molecular formula is C19H16BrN3O2. The van der Waals surface area contributed by atoms with Gasteiger partial charge in [-0.3, -0.25) is 14.2 Å². The summed E-state index contributed by atoms with van der Waals surface area (Å²) in [6.07, 6.45) is 1.74. The van der Waals surface area contributed by atoms with Gasteiger partial charge in [-0.1, -0.05) is 15.9 Å². The van der Waals surface area contributed by atoms with Gasteiger partial charge in [0.2, 0.25) is 0 Å². The molecule has 0 atom stereocenters. The third-order valence-electron chi connectivity index (χ3n) is 4.52. The topological polar surface area (TPSA) is 64.0 Å². The molecule has 6 heteroatoms. The number of aromatic nitrogens is 2. The molecule has 0 bridgehead atoms. The van der Waals surface area contributed by atoms with Gasteiger partial charge in [0.15, 0.2) is 0 Å². The van der Waals surface area contributed by atoms with Gasteiger partial charge in [0.1, 0.15) is 5.82 Å². The summed E-state index contributed by atoms with van der Waals surface area (Å²) in [4.78, 5) is 29.6. The summed E-state index contributed by atoms with van der Waals surface area (Å²) in [6, 6.07) is 10.8. The molecule has 0 saturated carbocycles. The molecule has 5 nitrogen and oxygen atoms in total. The Labute approximate surface area is 152 Å². The van der Waals surface area contributed by atoms with Crippen LogP contribution in [0.15, 0.2) is 45.7 Å². The van der Waals surface area contributed by atoms with Gasteiger partial charge in [-0.25, -0.2) is 4.98 Å². The second kappa shape index (κ2) is 6.11. The lowest BCUT2D eigenvalue weighted by Gasteiger charge is -2.10. The van der Waals surface area contributed by atoms with Crippen LogP contribution in [0.5, 0.6) is 0 Å². The number of halogens is 1. The number of nitrogens with zero attached hydrogens (tertiary/aromatic N) is 2. The molecule has 126 valence electrons. The lowest BCUT2D eigenvalue weighted by molar-refractivity contribution is 0.102. The van der Waals surface area contributed by atoms with E-state index >= 15 is 0 Å². The molecule has 1 aliphatic heterocycles. The number of aryl methyl sites for hydroxylation is 2. The minimum atomic E-state index is -0.213. The first-order valence-corrected chi connectivity index (χ1v) is 8.93. The molecule has 0 spiro atoms. The van der Waals surface area contributed by atoms with Crippen LogP contribution in [-0.2, 0) is 13.0 Å². The molecule has 25 heavy (non-hydrogen) atoms. The van der Waals surface area contributed by atoms with Crippen molar-refractivity contribution in [1.82, 2.24) is 9.55 Å². The van der Waals surface area contributed by atoms with E-state index in [0.717, 1.165) is 40.9 Å². The van der Waals surface area contributed by atoms with Crippen LogP contribution in [0.1, 0.15) is 28.2 Å². The van der Waals surface area contributed by atoms with E-state index in [9.17, 15) is 9.59 Å². The molecule has 3 aromatic rings. The number of benzene rings is 2. The van der Waals surface area contributed by atoms with Crippen molar-refractivity contribution < 1.29 is 4.79 Å². The van der Waals surface area contributed by atoms with Crippen molar-refractivity contribution in [3.8, 4) is 0 Å². The summed E-state index contributed by atoms with van der Waals surface area (Å²) < 4.78 is 2.69. The first-order chi connectivity index (χ1) is 12.0. The van der Waals surface area contributed by atoms with Crippen LogP contribution < -0.4 is 10.9 Å². The maximum absolute atomic E-state index is 12.6. The number of amides is 1. The molecule has 1 N–H and O–H groups in total. The van der Waals surface area contributed by atoms with Gasteiger partial charge < -0.3 is 5.32 Å². The maximum atomic E-state index is 12.6. The van der Waals surface area contributed by atoms with E-state index in [4.69, 9.17) is 0 Å². The van der Waals surface area contributed by atoms with Gasteiger partial charge in [-0.05, 0) is 55.3 Å². The number of rotatable bonds is 2. The normalized spacial score (nSPS) is 13.0. The fourth-order valence-electron chi connectivity index (χ4n) is 3.19. The first-order valence-electron chi connectivity index (χ1n) is 8.14. The van der Waals surface area contributed by atoms with Crippen LogP contribution in [0.4, 0.5) is 5.69 Å². The third-order valence-corrected chi connectivity index (χ3v) is 5.01. The fourth-order valence-corrected chi connectivity index (χ4v) is 3.66. The van der Waals surface area contributed by atoms with Crippen molar-refractivity contribution in [3.05, 3.63) is 68.2 Å². The molecular weight excluding hydrogens is 382 g/mol. The second-order valence-corrected chi connectivity index (χ2v) is 7.15. The highest BCUT2D eigenvalue weighted by atomic mass is 79.9. The zero-order chi connectivity index (χ0) is 17.6. The summed E-state index contributed by atoms with van der Waals surface area (Å²) in [6.45, 7) is 2.66. The van der Waals surface area contributed by atoms with Crippen LogP contribution in [0, 0.1) is 6.92 Å². The lowest BCUT2D eigenvalue weighted by Crippen LogP contribution is -2.21. The lowest BCUT2D eigenvalue weighted by atomic mass is 10.1. The molecule has 1 aliphatic rings. The average Bonchev–Trinajstić information content (AvgIpc) is 3.05. The number of carbonyl (C=O) groups excluding carboxylic acids is 1. The predicted molar refractivity (Wildman–Crippen MR) is 101 cm³/mol. The highest BCUT2D eigenvalue weighted by Gasteiger charge is 2.17. The van der Waals surface area contributed by atoms with E-state index < -0.39 is 0 Å². The van der Waals surface area contributed by atoms with Gasteiger partial charge in [0.05, 0.1) is 10.9 Å². The van der Waals surface area contributed by atoms with E-state index in [-0.39, 0.29) is 11.5 Å². The fraction of sp³-hybridized carbons (Fsp3) is 0.211. The van der Waals surface area contributed by atoms with Crippen molar-refractivity contribution in [1.29, 1.82) is 0 Å². The minimum Gasteiger partial charge on any atom is -0.322 e. The van der Waals surface area contributed by atoms with Crippen LogP contribution >= 0.6 is 15.9 Å². The van der Waals surface area contributed by atoms with E-state index in [1.165, 1.54) is 0 Å². The van der Waals surface area contributed by atoms with Crippen molar-refractivity contribution in [2.24, 2.45) is 0 Å². The Kier molecular flexibility index (Phi) is 3.92. The van der Waals surface area contributed by atoms with Crippen LogP contribution in [0.2, 0.25) is 0 Å². The van der Waals surface area contributed by atoms with Crippen LogP contribution in [-0.4, -0.2) is 15.5 Å². The van der Waals surface area contributed by atoms with Crippen LogP contribution in [0.25, 0.3) is 10.9 Å². The third kappa shape index (κ3) is 2.87. The Morgan fingerprint density at radius 1 is 1.24 bits per heavy atom. The molecule has 0 fully saturated rings. The molecule has 0 unspecified atom stereocenters. The molecule has 0 radical (unpaired) electrons. The molecule has 1 amide bonds. The summed E-state index contributed by atoms with van der Waals surface area (Å²) in [5.74, 6) is 0.591. The molecule has 4 rings (SSSR count).